The van der Waals surface area contributed by atoms with Crippen molar-refractivity contribution >= 4 is 34.9 Å². The maximum absolute atomic E-state index is 12.5. The van der Waals surface area contributed by atoms with Gasteiger partial charge in [0.2, 0.25) is 0 Å². The lowest BCUT2D eigenvalue weighted by Crippen LogP contribution is -2.44. The third-order valence-corrected chi connectivity index (χ3v) is 6.43. The van der Waals surface area contributed by atoms with Crippen molar-refractivity contribution in [3.63, 3.8) is 0 Å². The Morgan fingerprint density at radius 3 is 2.59 bits per heavy atom. The number of rotatable bonds is 7. The van der Waals surface area contributed by atoms with Crippen LogP contribution in [0.2, 0.25) is 0 Å². The van der Waals surface area contributed by atoms with Gasteiger partial charge >= 0.3 is 0 Å². The minimum absolute atomic E-state index is 0.183. The van der Waals surface area contributed by atoms with Crippen LogP contribution in [0.3, 0.4) is 0 Å². The van der Waals surface area contributed by atoms with Gasteiger partial charge in [-0.3, -0.25) is 20.4 Å². The van der Waals surface area contributed by atoms with Crippen LogP contribution in [0.15, 0.2) is 64.9 Å². The van der Waals surface area contributed by atoms with E-state index in [9.17, 15) is 9.59 Å². The summed E-state index contributed by atoms with van der Waals surface area (Å²) in [5, 5.41) is 2.03. The number of carbonyl (C=O) groups is 2. The summed E-state index contributed by atoms with van der Waals surface area (Å²) in [5.74, 6) is 0.613. The predicted octanol–water partition coefficient (Wildman–Crippen LogP) is 4.50. The summed E-state index contributed by atoms with van der Waals surface area (Å²) >= 11 is 3.27. The number of thiophene rings is 1. The smallest absolute Gasteiger partial charge is 0.276 e. The molecular weight excluding hydrogens is 404 g/mol. The number of benzene rings is 2. The van der Waals surface area contributed by atoms with E-state index < -0.39 is 5.91 Å². The van der Waals surface area contributed by atoms with Crippen LogP contribution in [0, 0.1) is 13.8 Å². The van der Waals surface area contributed by atoms with Crippen LogP contribution in [-0.2, 0) is 10.5 Å². The molecule has 2 amide bonds. The molecule has 0 aliphatic carbocycles. The zero-order valence-electron chi connectivity index (χ0n) is 16.2. The highest BCUT2D eigenvalue weighted by atomic mass is 32.2. The number of nitrogens with one attached hydrogen (secondary N) is 2. The number of thioether (sulfide) groups is 1. The van der Waals surface area contributed by atoms with Crippen LogP contribution in [-0.4, -0.2) is 18.4 Å². The highest BCUT2D eigenvalue weighted by Gasteiger charge is 2.13. The van der Waals surface area contributed by atoms with Gasteiger partial charge in [-0.2, -0.15) is 0 Å². The van der Waals surface area contributed by atoms with Crippen LogP contribution in [0.4, 0.5) is 0 Å². The number of amides is 2. The van der Waals surface area contributed by atoms with Gasteiger partial charge in [-0.15, -0.1) is 23.1 Å². The summed E-state index contributed by atoms with van der Waals surface area (Å²) < 4.78 is 5.48. The fraction of sp³-hybridized carbons (Fsp3) is 0.182. The molecule has 0 spiro atoms. The first-order valence-corrected chi connectivity index (χ1v) is 10.9. The molecule has 150 valence electrons. The van der Waals surface area contributed by atoms with Crippen LogP contribution in [0.1, 0.15) is 26.4 Å². The summed E-state index contributed by atoms with van der Waals surface area (Å²) in [6, 6.07) is 17.0. The van der Waals surface area contributed by atoms with Gasteiger partial charge in [0.25, 0.3) is 11.8 Å². The molecule has 0 fully saturated rings. The van der Waals surface area contributed by atoms with Crippen molar-refractivity contribution in [1.29, 1.82) is 0 Å². The van der Waals surface area contributed by atoms with E-state index in [1.807, 2.05) is 55.6 Å². The summed E-state index contributed by atoms with van der Waals surface area (Å²) in [6.45, 7) is 3.81. The Kier molecular flexibility index (Phi) is 7.32. The van der Waals surface area contributed by atoms with Crippen LogP contribution >= 0.6 is 23.1 Å². The van der Waals surface area contributed by atoms with Gasteiger partial charge in [0, 0.05) is 15.5 Å². The van der Waals surface area contributed by atoms with Gasteiger partial charge in [0.1, 0.15) is 5.75 Å². The molecule has 29 heavy (non-hydrogen) atoms. The second-order valence-electron chi connectivity index (χ2n) is 6.40. The lowest BCUT2D eigenvalue weighted by molar-refractivity contribution is -0.123. The van der Waals surface area contributed by atoms with Gasteiger partial charge < -0.3 is 4.74 Å². The second kappa shape index (κ2) is 10.1. The molecule has 7 heteroatoms. The Bertz CT molecular complexity index is 987. The highest BCUT2D eigenvalue weighted by molar-refractivity contribution is 7.98. The van der Waals surface area contributed by atoms with Gasteiger partial charge in [-0.25, -0.2) is 0 Å². The zero-order chi connectivity index (χ0) is 20.6. The van der Waals surface area contributed by atoms with E-state index in [-0.39, 0.29) is 12.5 Å². The van der Waals surface area contributed by atoms with Crippen LogP contribution in [0.5, 0.6) is 5.75 Å². The molecule has 2 aromatic carbocycles. The third kappa shape index (κ3) is 6.10. The Balaban J connectivity index is 1.50. The van der Waals surface area contributed by atoms with Crippen molar-refractivity contribution in [2.24, 2.45) is 0 Å². The van der Waals surface area contributed by atoms with Crippen LogP contribution < -0.4 is 15.6 Å². The monoisotopic (exact) mass is 426 g/mol. The molecule has 3 rings (SSSR count). The molecule has 0 aliphatic heterocycles. The quantitative estimate of drug-likeness (QED) is 0.431. The summed E-state index contributed by atoms with van der Waals surface area (Å²) in [7, 11) is 0. The lowest BCUT2D eigenvalue weighted by atomic mass is 10.1. The van der Waals surface area contributed by atoms with Crippen molar-refractivity contribution in [2.45, 2.75) is 24.5 Å². The summed E-state index contributed by atoms with van der Waals surface area (Å²) in [5.41, 5.74) is 7.63. The molecule has 2 N–H and O–H groups in total. The largest absolute Gasteiger partial charge is 0.484 e. The minimum Gasteiger partial charge on any atom is -0.484 e. The lowest BCUT2D eigenvalue weighted by Gasteiger charge is -2.11. The van der Waals surface area contributed by atoms with Crippen molar-refractivity contribution in [3.05, 3.63) is 81.5 Å². The number of hydrazine groups is 1. The Morgan fingerprint density at radius 1 is 1.00 bits per heavy atom. The van der Waals surface area contributed by atoms with E-state index in [1.165, 1.54) is 4.88 Å². The molecule has 0 bridgehead atoms. The SMILES string of the molecule is Cc1ccc(OCC(=O)NNC(=O)c2ccccc2SCc2cccs2)cc1C. The molecule has 0 saturated heterocycles. The molecular formula is C22H22N2O3S2. The van der Waals surface area contributed by atoms with E-state index >= 15 is 0 Å². The van der Waals surface area contributed by atoms with E-state index in [1.54, 1.807) is 35.2 Å². The third-order valence-electron chi connectivity index (χ3n) is 4.25. The Hall–Kier alpha value is -2.77. The maximum Gasteiger partial charge on any atom is 0.276 e. The maximum atomic E-state index is 12.5. The normalized spacial score (nSPS) is 10.4. The number of aryl methyl sites for hydroxylation is 2. The molecule has 0 unspecified atom stereocenters. The first kappa shape index (κ1) is 21.0. The fourth-order valence-electron chi connectivity index (χ4n) is 2.51. The van der Waals surface area contributed by atoms with Crippen LogP contribution in [0.25, 0.3) is 0 Å². The molecule has 0 saturated carbocycles. The topological polar surface area (TPSA) is 67.4 Å². The number of carbonyl (C=O) groups excluding carboxylic acids is 2. The number of hydrogen-bond acceptors (Lipinski definition) is 5. The van der Waals surface area contributed by atoms with Gasteiger partial charge in [0.05, 0.1) is 5.56 Å². The second-order valence-corrected chi connectivity index (χ2v) is 8.45. The van der Waals surface area contributed by atoms with Gasteiger partial charge in [-0.1, -0.05) is 24.3 Å². The van der Waals surface area contributed by atoms with Crippen molar-refractivity contribution in [1.82, 2.24) is 10.9 Å². The molecule has 0 aliphatic rings. The molecule has 5 nitrogen and oxygen atoms in total. The van der Waals surface area contributed by atoms with E-state index in [2.05, 4.69) is 16.9 Å². The first-order valence-electron chi connectivity index (χ1n) is 9.06. The van der Waals surface area contributed by atoms with Crippen molar-refractivity contribution in [2.75, 3.05) is 6.61 Å². The van der Waals surface area contributed by atoms with Gasteiger partial charge in [0.15, 0.2) is 6.61 Å². The molecule has 1 aromatic heterocycles. The Morgan fingerprint density at radius 2 is 1.83 bits per heavy atom. The molecule has 1 heterocycles. The summed E-state index contributed by atoms with van der Waals surface area (Å²) in [6.07, 6.45) is 0. The molecule has 3 aromatic rings. The average molecular weight is 427 g/mol. The molecule has 0 atom stereocenters. The van der Waals surface area contributed by atoms with E-state index in [4.69, 9.17) is 4.74 Å². The predicted molar refractivity (Wildman–Crippen MR) is 117 cm³/mol. The Labute approximate surface area is 178 Å². The van der Waals surface area contributed by atoms with E-state index in [0.717, 1.165) is 21.8 Å². The standard InChI is InChI=1S/C22H22N2O3S2/c1-15-9-10-17(12-16(15)2)27-13-21(25)23-24-22(26)19-7-3-4-8-20(19)29-14-18-6-5-11-28-18/h3-12H,13-14H2,1-2H3,(H,23,25)(H,24,26). The van der Waals surface area contributed by atoms with E-state index in [0.29, 0.717) is 11.3 Å². The first-order chi connectivity index (χ1) is 14.0. The fourth-order valence-corrected chi connectivity index (χ4v) is 4.33. The number of ether oxygens (including phenoxy) is 1. The van der Waals surface area contributed by atoms with Gasteiger partial charge in [-0.05, 0) is 60.7 Å². The minimum atomic E-state index is -0.430. The highest BCUT2D eigenvalue weighted by Crippen LogP contribution is 2.27. The zero-order valence-corrected chi connectivity index (χ0v) is 17.9. The summed E-state index contributed by atoms with van der Waals surface area (Å²) in [4.78, 5) is 26.6. The average Bonchev–Trinajstić information content (AvgIpc) is 3.25. The number of hydrogen-bond donors (Lipinski definition) is 2. The van der Waals surface area contributed by atoms with Crippen molar-refractivity contribution < 1.29 is 14.3 Å². The van der Waals surface area contributed by atoms with Crippen molar-refractivity contribution in [3.8, 4) is 5.75 Å². The molecule has 0 radical (unpaired) electrons.